The Bertz CT molecular complexity index is 779. The Kier molecular flexibility index (Phi) is 5.14. The fraction of sp³-hybridized carbons (Fsp3) is 0.200. The van der Waals surface area contributed by atoms with Crippen LogP contribution in [0.25, 0.3) is 0 Å². The number of carbonyl (C=O) groups is 2. The van der Waals surface area contributed by atoms with Crippen molar-refractivity contribution in [3.63, 3.8) is 0 Å². The zero-order valence-electron chi connectivity index (χ0n) is 13.9. The summed E-state index contributed by atoms with van der Waals surface area (Å²) in [6.07, 6.45) is 4.56. The standard InChI is InChI=1S/C20H21N3O2/c21-19(24)18(13-15-7-2-1-3-8-15)22-20(25)16-9-6-10-17(14-16)23-11-4-5-12-23/h1-10,14,18H,11-13H2,(H2,21,24)(H,22,25). The van der Waals surface area contributed by atoms with Crippen molar-refractivity contribution in [2.24, 2.45) is 5.73 Å². The van der Waals surface area contributed by atoms with Gasteiger partial charge in [-0.3, -0.25) is 9.59 Å². The molecule has 2 aromatic carbocycles. The number of carbonyl (C=O) groups excluding carboxylic acids is 2. The molecule has 1 aliphatic rings. The average molecular weight is 335 g/mol. The fourth-order valence-electron chi connectivity index (χ4n) is 2.85. The van der Waals surface area contributed by atoms with Crippen LogP contribution in [0, 0.1) is 0 Å². The summed E-state index contributed by atoms with van der Waals surface area (Å²) in [5.41, 5.74) is 7.92. The number of hydrogen-bond donors (Lipinski definition) is 2. The Labute approximate surface area is 147 Å². The highest BCUT2D eigenvalue weighted by Crippen LogP contribution is 2.18. The summed E-state index contributed by atoms with van der Waals surface area (Å²) in [6.45, 7) is 1.67. The molecule has 0 radical (unpaired) electrons. The van der Waals surface area contributed by atoms with E-state index in [1.165, 1.54) is 0 Å². The first-order valence-corrected chi connectivity index (χ1v) is 8.27. The second-order valence-electron chi connectivity index (χ2n) is 6.04. The predicted octanol–water partition coefficient (Wildman–Crippen LogP) is 1.89. The van der Waals surface area contributed by atoms with Gasteiger partial charge in [-0.1, -0.05) is 48.6 Å². The van der Waals surface area contributed by atoms with Crippen LogP contribution >= 0.6 is 0 Å². The molecule has 0 saturated heterocycles. The van der Waals surface area contributed by atoms with Crippen molar-refractivity contribution in [2.45, 2.75) is 12.5 Å². The molecule has 25 heavy (non-hydrogen) atoms. The van der Waals surface area contributed by atoms with E-state index in [-0.39, 0.29) is 5.91 Å². The van der Waals surface area contributed by atoms with Gasteiger partial charge < -0.3 is 16.0 Å². The van der Waals surface area contributed by atoms with Crippen LogP contribution in [0.5, 0.6) is 0 Å². The number of nitrogens with one attached hydrogen (secondary N) is 1. The minimum absolute atomic E-state index is 0.297. The number of amides is 2. The summed E-state index contributed by atoms with van der Waals surface area (Å²) >= 11 is 0. The quantitative estimate of drug-likeness (QED) is 0.792. The van der Waals surface area contributed by atoms with Gasteiger partial charge in [-0.2, -0.15) is 0 Å². The first-order chi connectivity index (χ1) is 12.1. The van der Waals surface area contributed by atoms with Crippen LogP contribution in [0.1, 0.15) is 15.9 Å². The van der Waals surface area contributed by atoms with E-state index in [1.54, 1.807) is 6.07 Å². The van der Waals surface area contributed by atoms with Gasteiger partial charge in [-0.25, -0.2) is 0 Å². The van der Waals surface area contributed by atoms with E-state index in [1.807, 2.05) is 48.5 Å². The van der Waals surface area contributed by atoms with E-state index in [2.05, 4.69) is 22.4 Å². The Hall–Kier alpha value is -3.08. The molecule has 0 spiro atoms. The molecule has 1 heterocycles. The Morgan fingerprint density at radius 2 is 1.76 bits per heavy atom. The lowest BCUT2D eigenvalue weighted by molar-refractivity contribution is -0.119. The molecular formula is C20H21N3O2. The van der Waals surface area contributed by atoms with Crippen LogP contribution in [0.4, 0.5) is 5.69 Å². The van der Waals surface area contributed by atoms with Gasteiger partial charge in [0, 0.05) is 30.8 Å². The second kappa shape index (κ2) is 7.66. The summed E-state index contributed by atoms with van der Waals surface area (Å²) in [5.74, 6) is -0.842. The molecule has 3 N–H and O–H groups in total. The van der Waals surface area contributed by atoms with Crippen LogP contribution < -0.4 is 16.0 Å². The zero-order valence-corrected chi connectivity index (χ0v) is 13.9. The number of nitrogens with two attached hydrogens (primary N) is 1. The van der Waals surface area contributed by atoms with Crippen LogP contribution in [0.2, 0.25) is 0 Å². The number of rotatable bonds is 6. The van der Waals surface area contributed by atoms with Gasteiger partial charge in [0.15, 0.2) is 0 Å². The van der Waals surface area contributed by atoms with E-state index in [4.69, 9.17) is 5.73 Å². The molecule has 1 unspecified atom stereocenters. The molecule has 0 saturated carbocycles. The number of anilines is 1. The summed E-state index contributed by atoms with van der Waals surface area (Å²) in [7, 11) is 0. The van der Waals surface area contributed by atoms with Crippen LogP contribution in [0.3, 0.4) is 0 Å². The molecule has 0 fully saturated rings. The van der Waals surface area contributed by atoms with Crippen molar-refractivity contribution in [3.05, 3.63) is 77.9 Å². The third-order valence-corrected chi connectivity index (χ3v) is 4.22. The van der Waals surface area contributed by atoms with Crippen molar-refractivity contribution in [2.75, 3.05) is 18.0 Å². The highest BCUT2D eigenvalue weighted by Gasteiger charge is 2.20. The Morgan fingerprint density at radius 1 is 1.04 bits per heavy atom. The lowest BCUT2D eigenvalue weighted by Gasteiger charge is -2.19. The first kappa shape index (κ1) is 16.8. The molecule has 1 aliphatic heterocycles. The highest BCUT2D eigenvalue weighted by molar-refractivity contribution is 5.98. The molecule has 128 valence electrons. The topological polar surface area (TPSA) is 75.4 Å². The molecule has 5 nitrogen and oxygen atoms in total. The fourth-order valence-corrected chi connectivity index (χ4v) is 2.85. The smallest absolute Gasteiger partial charge is 0.252 e. The van der Waals surface area contributed by atoms with Gasteiger partial charge in [0.1, 0.15) is 6.04 Å². The van der Waals surface area contributed by atoms with Crippen molar-refractivity contribution < 1.29 is 9.59 Å². The van der Waals surface area contributed by atoms with Gasteiger partial charge in [0.2, 0.25) is 5.91 Å². The maximum absolute atomic E-state index is 12.6. The van der Waals surface area contributed by atoms with Gasteiger partial charge in [0.25, 0.3) is 5.91 Å². The molecular weight excluding hydrogens is 314 g/mol. The van der Waals surface area contributed by atoms with E-state index >= 15 is 0 Å². The average Bonchev–Trinajstić information content (AvgIpc) is 3.17. The molecule has 2 aromatic rings. The monoisotopic (exact) mass is 335 g/mol. The number of nitrogens with zero attached hydrogens (tertiary/aromatic N) is 1. The zero-order chi connectivity index (χ0) is 17.6. The van der Waals surface area contributed by atoms with Crippen LogP contribution in [0.15, 0.2) is 66.7 Å². The molecule has 2 amide bonds. The maximum Gasteiger partial charge on any atom is 0.252 e. The number of primary amides is 1. The molecule has 0 aliphatic carbocycles. The Balaban J connectivity index is 1.71. The number of benzene rings is 2. The van der Waals surface area contributed by atoms with E-state index < -0.39 is 11.9 Å². The van der Waals surface area contributed by atoms with Crippen molar-refractivity contribution in [1.29, 1.82) is 0 Å². The summed E-state index contributed by atoms with van der Waals surface area (Å²) in [5, 5.41) is 2.75. The first-order valence-electron chi connectivity index (χ1n) is 8.27. The van der Waals surface area contributed by atoms with Gasteiger partial charge in [-0.15, -0.1) is 0 Å². The van der Waals surface area contributed by atoms with Crippen LogP contribution in [-0.2, 0) is 11.2 Å². The lowest BCUT2D eigenvalue weighted by atomic mass is 10.0. The predicted molar refractivity (Wildman–Crippen MR) is 98.4 cm³/mol. The van der Waals surface area contributed by atoms with Crippen LogP contribution in [-0.4, -0.2) is 30.9 Å². The molecule has 0 aromatic heterocycles. The van der Waals surface area contributed by atoms with Crippen molar-refractivity contribution >= 4 is 17.5 Å². The molecule has 1 atom stereocenters. The van der Waals surface area contributed by atoms with Crippen molar-refractivity contribution in [3.8, 4) is 0 Å². The second-order valence-corrected chi connectivity index (χ2v) is 6.04. The SMILES string of the molecule is NC(=O)C(Cc1ccccc1)NC(=O)c1cccc(N2CC=CC2)c1. The summed E-state index contributed by atoms with van der Waals surface area (Å²) in [6, 6.07) is 16.1. The lowest BCUT2D eigenvalue weighted by Crippen LogP contribution is -2.45. The summed E-state index contributed by atoms with van der Waals surface area (Å²) < 4.78 is 0. The molecule has 0 bridgehead atoms. The van der Waals surface area contributed by atoms with E-state index in [0.29, 0.717) is 12.0 Å². The summed E-state index contributed by atoms with van der Waals surface area (Å²) in [4.78, 5) is 26.5. The van der Waals surface area contributed by atoms with Gasteiger partial charge in [0.05, 0.1) is 0 Å². The van der Waals surface area contributed by atoms with Crippen molar-refractivity contribution in [1.82, 2.24) is 5.32 Å². The largest absolute Gasteiger partial charge is 0.368 e. The Morgan fingerprint density at radius 3 is 2.44 bits per heavy atom. The highest BCUT2D eigenvalue weighted by atomic mass is 16.2. The minimum Gasteiger partial charge on any atom is -0.368 e. The maximum atomic E-state index is 12.6. The van der Waals surface area contributed by atoms with E-state index in [9.17, 15) is 9.59 Å². The molecule has 3 rings (SSSR count). The third-order valence-electron chi connectivity index (χ3n) is 4.22. The molecule has 5 heteroatoms. The van der Waals surface area contributed by atoms with Gasteiger partial charge >= 0.3 is 0 Å². The minimum atomic E-state index is -0.744. The normalized spacial score (nSPS) is 14.3. The van der Waals surface area contributed by atoms with E-state index in [0.717, 1.165) is 24.3 Å². The number of hydrogen-bond acceptors (Lipinski definition) is 3. The third kappa shape index (κ3) is 4.26. The van der Waals surface area contributed by atoms with Gasteiger partial charge in [-0.05, 0) is 23.8 Å².